The second kappa shape index (κ2) is 10.2. The Labute approximate surface area is 153 Å². The quantitative estimate of drug-likeness (QED) is 0.283. The van der Waals surface area contributed by atoms with Crippen LogP contribution in [0.4, 0.5) is 0 Å². The van der Waals surface area contributed by atoms with Gasteiger partial charge >= 0.3 is 5.97 Å². The zero-order chi connectivity index (χ0) is 18.8. The lowest BCUT2D eigenvalue weighted by Gasteiger charge is -2.08. The van der Waals surface area contributed by atoms with E-state index in [1.165, 1.54) is 0 Å². The predicted octanol–water partition coefficient (Wildman–Crippen LogP) is 3.43. The molecule has 0 spiro atoms. The average molecular weight is 354 g/mol. The maximum Gasteiger partial charge on any atom is 0.333 e. The van der Waals surface area contributed by atoms with Crippen molar-refractivity contribution in [1.29, 1.82) is 0 Å². The Kier molecular flexibility index (Phi) is 7.58. The van der Waals surface area contributed by atoms with Crippen molar-refractivity contribution in [1.82, 2.24) is 0 Å². The van der Waals surface area contributed by atoms with Crippen LogP contribution in [0.1, 0.15) is 22.8 Å². The highest BCUT2D eigenvalue weighted by Crippen LogP contribution is 2.15. The fraction of sp³-hybridized carbons (Fsp3) is 0.238. The molecule has 0 aromatic heterocycles. The molecular formula is C21H22O5. The van der Waals surface area contributed by atoms with Crippen LogP contribution in [0.2, 0.25) is 0 Å². The molecule has 0 radical (unpaired) electrons. The van der Waals surface area contributed by atoms with Gasteiger partial charge in [0, 0.05) is 16.7 Å². The molecule has 0 aliphatic rings. The van der Waals surface area contributed by atoms with Gasteiger partial charge in [-0.2, -0.15) is 0 Å². The highest BCUT2D eigenvalue weighted by Gasteiger charge is 2.08. The van der Waals surface area contributed by atoms with E-state index in [-0.39, 0.29) is 12.4 Å². The van der Waals surface area contributed by atoms with Gasteiger partial charge in [0.25, 0.3) is 0 Å². The number of esters is 1. The molecule has 2 aromatic rings. The van der Waals surface area contributed by atoms with Gasteiger partial charge in [-0.15, -0.1) is 0 Å². The van der Waals surface area contributed by atoms with E-state index in [4.69, 9.17) is 14.2 Å². The first-order chi connectivity index (χ1) is 12.6. The monoisotopic (exact) mass is 354 g/mol. The molecular weight excluding hydrogens is 332 g/mol. The molecule has 5 nitrogen and oxygen atoms in total. The van der Waals surface area contributed by atoms with E-state index in [9.17, 15) is 9.59 Å². The molecule has 0 saturated carbocycles. The van der Waals surface area contributed by atoms with Crippen LogP contribution >= 0.6 is 0 Å². The Morgan fingerprint density at radius 2 is 1.46 bits per heavy atom. The molecule has 136 valence electrons. The lowest BCUT2D eigenvalue weighted by Crippen LogP contribution is -2.13. The number of rotatable bonds is 10. The van der Waals surface area contributed by atoms with Gasteiger partial charge in [-0.3, -0.25) is 4.79 Å². The number of hydrogen-bond acceptors (Lipinski definition) is 5. The maximum atomic E-state index is 12.3. The Balaban J connectivity index is 1.67. The van der Waals surface area contributed by atoms with Crippen molar-refractivity contribution in [3.05, 3.63) is 77.9 Å². The summed E-state index contributed by atoms with van der Waals surface area (Å²) in [6.07, 6.45) is 0. The Morgan fingerprint density at radius 1 is 0.846 bits per heavy atom. The Morgan fingerprint density at radius 3 is 2.12 bits per heavy atom. The third kappa shape index (κ3) is 6.18. The van der Waals surface area contributed by atoms with Crippen LogP contribution in [0.15, 0.2) is 66.7 Å². The van der Waals surface area contributed by atoms with Crippen molar-refractivity contribution in [2.45, 2.75) is 6.92 Å². The molecule has 0 heterocycles. The van der Waals surface area contributed by atoms with Gasteiger partial charge in [0.15, 0.2) is 5.78 Å². The van der Waals surface area contributed by atoms with E-state index < -0.39 is 5.97 Å². The number of benzene rings is 2. The number of ether oxygens (including phenoxy) is 3. The minimum atomic E-state index is -0.421. The summed E-state index contributed by atoms with van der Waals surface area (Å²) in [6.45, 7) is 6.30. The zero-order valence-electron chi connectivity index (χ0n) is 14.8. The van der Waals surface area contributed by atoms with E-state index >= 15 is 0 Å². The molecule has 0 aliphatic heterocycles. The van der Waals surface area contributed by atoms with Crippen molar-refractivity contribution < 1.29 is 23.8 Å². The van der Waals surface area contributed by atoms with Crippen molar-refractivity contribution in [3.8, 4) is 5.75 Å². The fourth-order valence-corrected chi connectivity index (χ4v) is 2.10. The smallest absolute Gasteiger partial charge is 0.333 e. The van der Waals surface area contributed by atoms with E-state index in [0.29, 0.717) is 42.3 Å². The summed E-state index contributed by atoms with van der Waals surface area (Å²) < 4.78 is 15.8. The van der Waals surface area contributed by atoms with Gasteiger partial charge in [-0.05, 0) is 31.2 Å². The van der Waals surface area contributed by atoms with Crippen molar-refractivity contribution in [2.24, 2.45) is 0 Å². The van der Waals surface area contributed by atoms with Crippen LogP contribution in [-0.2, 0) is 14.3 Å². The summed E-state index contributed by atoms with van der Waals surface area (Å²) in [5.41, 5.74) is 1.63. The normalized spacial score (nSPS) is 10.2. The van der Waals surface area contributed by atoms with E-state index in [1.54, 1.807) is 43.3 Å². The van der Waals surface area contributed by atoms with Gasteiger partial charge in [0.1, 0.15) is 19.0 Å². The molecule has 0 N–H and O–H groups in total. The van der Waals surface area contributed by atoms with Crippen LogP contribution in [0, 0.1) is 0 Å². The zero-order valence-corrected chi connectivity index (χ0v) is 14.8. The van der Waals surface area contributed by atoms with E-state index in [1.807, 2.05) is 18.2 Å². The first-order valence-corrected chi connectivity index (χ1v) is 8.31. The molecule has 0 aliphatic carbocycles. The standard InChI is InChI=1S/C21H22O5/c1-16(2)21(23)26-15-13-24-12-14-25-19-10-8-18(9-11-19)20(22)17-6-4-3-5-7-17/h3-11H,1,12-15H2,2H3. The maximum absolute atomic E-state index is 12.3. The third-order valence-electron chi connectivity index (χ3n) is 3.46. The summed E-state index contributed by atoms with van der Waals surface area (Å²) in [5.74, 6) is 0.215. The van der Waals surface area contributed by atoms with Crippen LogP contribution in [0.3, 0.4) is 0 Å². The minimum absolute atomic E-state index is 0.0233. The van der Waals surface area contributed by atoms with Crippen LogP contribution < -0.4 is 4.74 Å². The first-order valence-electron chi connectivity index (χ1n) is 8.31. The topological polar surface area (TPSA) is 61.8 Å². The average Bonchev–Trinajstić information content (AvgIpc) is 2.67. The van der Waals surface area contributed by atoms with E-state index in [2.05, 4.69) is 6.58 Å². The first kappa shape index (κ1) is 19.4. The third-order valence-corrected chi connectivity index (χ3v) is 3.46. The molecule has 26 heavy (non-hydrogen) atoms. The second-order valence-electron chi connectivity index (χ2n) is 5.60. The molecule has 2 rings (SSSR count). The number of carbonyl (C=O) groups is 2. The van der Waals surface area contributed by atoms with Gasteiger partial charge < -0.3 is 14.2 Å². The summed E-state index contributed by atoms with van der Waals surface area (Å²) in [7, 11) is 0. The fourth-order valence-electron chi connectivity index (χ4n) is 2.10. The number of ketones is 1. The second-order valence-corrected chi connectivity index (χ2v) is 5.60. The SMILES string of the molecule is C=C(C)C(=O)OCCOCCOc1ccc(C(=O)c2ccccc2)cc1. The lowest BCUT2D eigenvalue weighted by atomic mass is 10.0. The molecule has 0 amide bonds. The van der Waals surface area contributed by atoms with Gasteiger partial charge in [0.05, 0.1) is 13.2 Å². The highest BCUT2D eigenvalue weighted by molar-refractivity contribution is 6.08. The Bertz CT molecular complexity index is 735. The summed E-state index contributed by atoms with van der Waals surface area (Å²) in [5, 5.41) is 0. The van der Waals surface area contributed by atoms with Crippen LogP contribution in [0.25, 0.3) is 0 Å². The lowest BCUT2D eigenvalue weighted by molar-refractivity contribution is -0.140. The Hall–Kier alpha value is -2.92. The summed E-state index contributed by atoms with van der Waals surface area (Å²) in [6, 6.07) is 16.1. The molecule has 2 aromatic carbocycles. The van der Waals surface area contributed by atoms with Crippen molar-refractivity contribution in [2.75, 3.05) is 26.4 Å². The van der Waals surface area contributed by atoms with Gasteiger partial charge in [0.2, 0.25) is 0 Å². The molecule has 0 fully saturated rings. The van der Waals surface area contributed by atoms with Crippen molar-refractivity contribution >= 4 is 11.8 Å². The largest absolute Gasteiger partial charge is 0.491 e. The van der Waals surface area contributed by atoms with Gasteiger partial charge in [-0.1, -0.05) is 36.9 Å². The van der Waals surface area contributed by atoms with Crippen LogP contribution in [0.5, 0.6) is 5.75 Å². The minimum Gasteiger partial charge on any atom is -0.491 e. The van der Waals surface area contributed by atoms with E-state index in [0.717, 1.165) is 0 Å². The number of hydrogen-bond donors (Lipinski definition) is 0. The van der Waals surface area contributed by atoms with Crippen molar-refractivity contribution in [3.63, 3.8) is 0 Å². The highest BCUT2D eigenvalue weighted by atomic mass is 16.6. The molecule has 0 bridgehead atoms. The summed E-state index contributed by atoms with van der Waals surface area (Å²) >= 11 is 0. The van der Waals surface area contributed by atoms with Crippen LogP contribution in [-0.4, -0.2) is 38.2 Å². The molecule has 0 unspecified atom stereocenters. The molecule has 5 heteroatoms. The number of carbonyl (C=O) groups excluding carboxylic acids is 2. The predicted molar refractivity (Wildman–Crippen MR) is 98.4 cm³/mol. The molecule has 0 saturated heterocycles. The summed E-state index contributed by atoms with van der Waals surface area (Å²) in [4.78, 5) is 23.5. The van der Waals surface area contributed by atoms with Gasteiger partial charge in [-0.25, -0.2) is 4.79 Å². The molecule has 0 atom stereocenters.